The second-order valence-corrected chi connectivity index (χ2v) is 5.52. The number of nitrogens with one attached hydrogen (secondary N) is 1. The fourth-order valence-corrected chi connectivity index (χ4v) is 2.46. The van der Waals surface area contributed by atoms with Crippen LogP contribution in [0.2, 0.25) is 0 Å². The van der Waals surface area contributed by atoms with Crippen LogP contribution in [0.1, 0.15) is 19.8 Å². The number of rotatable bonds is 8. The van der Waals surface area contributed by atoms with Crippen molar-refractivity contribution in [2.75, 3.05) is 19.0 Å². The zero-order chi connectivity index (χ0) is 19.1. The largest absolute Gasteiger partial charge is 0.493 e. The van der Waals surface area contributed by atoms with Gasteiger partial charge in [0.15, 0.2) is 17.4 Å². The van der Waals surface area contributed by atoms with Crippen molar-refractivity contribution in [3.8, 4) is 22.6 Å². The van der Waals surface area contributed by atoms with Gasteiger partial charge in [0.2, 0.25) is 5.91 Å². The molecule has 0 aliphatic rings. The molecule has 0 aromatic heterocycles. The molecule has 4 nitrogen and oxygen atoms in total. The van der Waals surface area contributed by atoms with Crippen LogP contribution in [0, 0.1) is 11.6 Å². The minimum Gasteiger partial charge on any atom is -0.493 e. The van der Waals surface area contributed by atoms with Gasteiger partial charge in [-0.2, -0.15) is 0 Å². The van der Waals surface area contributed by atoms with Crippen LogP contribution in [0.4, 0.5) is 14.5 Å². The second-order valence-electron chi connectivity index (χ2n) is 5.52. The van der Waals surface area contributed by atoms with Crippen LogP contribution in [-0.2, 0) is 4.79 Å². The molecule has 1 N–H and O–H groups in total. The Morgan fingerprint density at radius 2 is 2.04 bits per heavy atom. The number of carbonyl (C=O) groups is 1. The van der Waals surface area contributed by atoms with Crippen molar-refractivity contribution >= 4 is 11.6 Å². The summed E-state index contributed by atoms with van der Waals surface area (Å²) in [7, 11) is 1.18. The Morgan fingerprint density at radius 3 is 2.69 bits per heavy atom. The zero-order valence-electron chi connectivity index (χ0n) is 14.8. The first-order valence-corrected chi connectivity index (χ1v) is 8.25. The Bertz CT molecular complexity index is 806. The summed E-state index contributed by atoms with van der Waals surface area (Å²) in [6.07, 6.45) is 2.80. The number of ether oxygens (including phenoxy) is 2. The summed E-state index contributed by atoms with van der Waals surface area (Å²) in [5.74, 6) is -2.52. The van der Waals surface area contributed by atoms with Gasteiger partial charge >= 0.3 is 0 Å². The maximum absolute atomic E-state index is 15.0. The highest BCUT2D eigenvalue weighted by molar-refractivity contribution is 6.02. The molecule has 0 radical (unpaired) electrons. The van der Waals surface area contributed by atoms with E-state index in [9.17, 15) is 9.18 Å². The second kappa shape index (κ2) is 8.99. The third-order valence-corrected chi connectivity index (χ3v) is 3.74. The summed E-state index contributed by atoms with van der Waals surface area (Å²) in [4.78, 5) is 11.7. The monoisotopic (exact) mass is 361 g/mol. The number of amides is 1. The average molecular weight is 361 g/mol. The Hall–Kier alpha value is -2.89. The van der Waals surface area contributed by atoms with E-state index in [0.29, 0.717) is 17.9 Å². The highest BCUT2D eigenvalue weighted by Gasteiger charge is 2.23. The van der Waals surface area contributed by atoms with E-state index in [1.165, 1.54) is 7.11 Å². The molecule has 6 heteroatoms. The number of para-hydroxylation sites is 1. The van der Waals surface area contributed by atoms with Gasteiger partial charge in [-0.3, -0.25) is 4.79 Å². The Balaban J connectivity index is 2.63. The van der Waals surface area contributed by atoms with E-state index in [1.54, 1.807) is 24.3 Å². The van der Waals surface area contributed by atoms with Gasteiger partial charge in [-0.15, -0.1) is 0 Å². The lowest BCUT2D eigenvalue weighted by Crippen LogP contribution is -2.11. The van der Waals surface area contributed by atoms with Gasteiger partial charge < -0.3 is 14.8 Å². The first-order chi connectivity index (χ1) is 12.5. The molecule has 0 aliphatic carbocycles. The lowest BCUT2D eigenvalue weighted by Gasteiger charge is -2.17. The molecule has 0 saturated heterocycles. The third kappa shape index (κ3) is 4.20. The molecule has 0 saturated carbocycles. The number of halogens is 2. The van der Waals surface area contributed by atoms with Crippen LogP contribution < -0.4 is 14.8 Å². The summed E-state index contributed by atoms with van der Waals surface area (Å²) in [5, 5.41) is 2.44. The van der Waals surface area contributed by atoms with E-state index in [1.807, 2.05) is 6.92 Å². The van der Waals surface area contributed by atoms with E-state index >= 15 is 4.39 Å². The quantitative estimate of drug-likeness (QED) is 0.535. The van der Waals surface area contributed by atoms with Gasteiger partial charge in [0, 0.05) is 17.2 Å². The van der Waals surface area contributed by atoms with Gasteiger partial charge in [-0.25, -0.2) is 8.78 Å². The molecule has 0 bridgehead atoms. The maximum Gasteiger partial charge on any atom is 0.247 e. The highest BCUT2D eigenvalue weighted by Crippen LogP contribution is 2.41. The molecule has 0 fully saturated rings. The Labute approximate surface area is 151 Å². The van der Waals surface area contributed by atoms with Crippen LogP contribution in [0.25, 0.3) is 11.1 Å². The Morgan fingerprint density at radius 1 is 1.31 bits per heavy atom. The average Bonchev–Trinajstić information content (AvgIpc) is 2.63. The molecule has 2 aromatic rings. The van der Waals surface area contributed by atoms with E-state index in [4.69, 9.17) is 9.47 Å². The maximum atomic E-state index is 15.0. The molecule has 1 amide bonds. The molecule has 0 unspecified atom stereocenters. The minimum atomic E-state index is -0.919. The zero-order valence-corrected chi connectivity index (χ0v) is 14.8. The normalized spacial score (nSPS) is 10.3. The SMILES string of the molecule is C=CC(=O)Nc1cc(F)c(OC)c(F)c1-c1ccccc1OCCCC. The van der Waals surface area contributed by atoms with Crippen molar-refractivity contribution in [3.63, 3.8) is 0 Å². The molecule has 0 spiro atoms. The topological polar surface area (TPSA) is 47.6 Å². The predicted molar refractivity (Wildman–Crippen MR) is 97.6 cm³/mol. The molecule has 0 atom stereocenters. The van der Waals surface area contributed by atoms with Crippen LogP contribution in [-0.4, -0.2) is 19.6 Å². The molecular weight excluding hydrogens is 340 g/mol. The lowest BCUT2D eigenvalue weighted by atomic mass is 10.0. The van der Waals surface area contributed by atoms with E-state index < -0.39 is 23.3 Å². The van der Waals surface area contributed by atoms with Crippen molar-refractivity contribution in [2.45, 2.75) is 19.8 Å². The number of hydrogen-bond acceptors (Lipinski definition) is 3. The van der Waals surface area contributed by atoms with Gasteiger partial charge in [0.25, 0.3) is 0 Å². The van der Waals surface area contributed by atoms with Crippen LogP contribution in [0.3, 0.4) is 0 Å². The number of carbonyl (C=O) groups excluding carboxylic acids is 1. The first-order valence-electron chi connectivity index (χ1n) is 8.25. The molecule has 26 heavy (non-hydrogen) atoms. The number of anilines is 1. The van der Waals surface area contributed by atoms with Crippen LogP contribution >= 0.6 is 0 Å². The summed E-state index contributed by atoms with van der Waals surface area (Å²) >= 11 is 0. The number of unbranched alkanes of at least 4 members (excludes halogenated alkanes) is 1. The Kier molecular flexibility index (Phi) is 6.72. The lowest BCUT2D eigenvalue weighted by molar-refractivity contribution is -0.111. The molecular formula is C20H21F2NO3. The highest BCUT2D eigenvalue weighted by atomic mass is 19.1. The van der Waals surface area contributed by atoms with E-state index in [2.05, 4.69) is 11.9 Å². The van der Waals surface area contributed by atoms with E-state index in [0.717, 1.165) is 25.0 Å². The summed E-state index contributed by atoms with van der Waals surface area (Å²) in [5.41, 5.74) is 0.349. The number of methoxy groups -OCH3 is 1. The van der Waals surface area contributed by atoms with Gasteiger partial charge in [-0.1, -0.05) is 38.1 Å². The fourth-order valence-electron chi connectivity index (χ4n) is 2.46. The summed E-state index contributed by atoms with van der Waals surface area (Å²) in [6.45, 7) is 5.85. The first kappa shape index (κ1) is 19.4. The smallest absolute Gasteiger partial charge is 0.247 e. The predicted octanol–water partition coefficient (Wildman–Crippen LogP) is 4.94. The van der Waals surface area contributed by atoms with Crippen LogP contribution in [0.15, 0.2) is 43.0 Å². The third-order valence-electron chi connectivity index (χ3n) is 3.74. The van der Waals surface area contributed by atoms with E-state index in [-0.39, 0.29) is 11.3 Å². The molecule has 2 rings (SSSR count). The number of benzene rings is 2. The van der Waals surface area contributed by atoms with Gasteiger partial charge in [-0.05, 0) is 18.6 Å². The summed E-state index contributed by atoms with van der Waals surface area (Å²) < 4.78 is 39.7. The van der Waals surface area contributed by atoms with Crippen molar-refractivity contribution in [2.24, 2.45) is 0 Å². The number of hydrogen-bond donors (Lipinski definition) is 1. The van der Waals surface area contributed by atoms with Crippen LogP contribution in [0.5, 0.6) is 11.5 Å². The summed E-state index contributed by atoms with van der Waals surface area (Å²) in [6, 6.07) is 7.81. The van der Waals surface area contributed by atoms with Gasteiger partial charge in [0.1, 0.15) is 5.75 Å². The fraction of sp³-hybridized carbons (Fsp3) is 0.250. The van der Waals surface area contributed by atoms with Gasteiger partial charge in [0.05, 0.1) is 19.4 Å². The van der Waals surface area contributed by atoms with Crippen molar-refractivity contribution in [1.29, 1.82) is 0 Å². The standard InChI is InChI=1S/C20H21F2NO3/c1-4-6-11-26-16-10-8-7-9-13(16)18-15(23-17(24)5-2)12-14(21)20(25-3)19(18)22/h5,7-10,12H,2,4,6,11H2,1,3H3,(H,23,24). The molecule has 0 heterocycles. The van der Waals surface area contributed by atoms with Crippen molar-refractivity contribution in [3.05, 3.63) is 54.6 Å². The minimum absolute atomic E-state index is 0.00875. The van der Waals surface area contributed by atoms with Crippen molar-refractivity contribution < 1.29 is 23.0 Å². The molecule has 2 aromatic carbocycles. The molecule has 0 aliphatic heterocycles. The van der Waals surface area contributed by atoms with Crippen molar-refractivity contribution in [1.82, 2.24) is 0 Å². The molecule has 138 valence electrons.